The highest BCUT2D eigenvalue weighted by Gasteiger charge is 2.24. The average molecular weight is 451 g/mol. The highest BCUT2D eigenvalue weighted by molar-refractivity contribution is 8.00. The van der Waals surface area contributed by atoms with E-state index in [1.165, 1.54) is 23.9 Å². The first-order valence-electron chi connectivity index (χ1n) is 9.63. The van der Waals surface area contributed by atoms with E-state index in [0.29, 0.717) is 23.9 Å². The quantitative estimate of drug-likeness (QED) is 0.339. The van der Waals surface area contributed by atoms with Gasteiger partial charge in [0.05, 0.1) is 11.9 Å². The number of aromatic nitrogens is 4. The monoisotopic (exact) mass is 450 g/mol. The van der Waals surface area contributed by atoms with Crippen LogP contribution in [-0.2, 0) is 11.3 Å². The Kier molecular flexibility index (Phi) is 7.45. The number of hydrogen-bond acceptors (Lipinski definition) is 6. The number of hydrogen-bond donors (Lipinski definition) is 0. The minimum atomic E-state index is -2.87. The molecule has 3 aromatic rings. The van der Waals surface area contributed by atoms with E-state index in [9.17, 15) is 13.6 Å². The van der Waals surface area contributed by atoms with Crippen LogP contribution in [0, 0.1) is 13.8 Å². The van der Waals surface area contributed by atoms with Gasteiger partial charge in [-0.25, -0.2) is 0 Å². The molecule has 31 heavy (non-hydrogen) atoms. The van der Waals surface area contributed by atoms with Crippen LogP contribution < -0.4 is 4.74 Å². The van der Waals surface area contributed by atoms with E-state index in [-0.39, 0.29) is 16.8 Å². The largest absolute Gasteiger partial charge is 0.435 e. The molecule has 1 atom stereocenters. The molecule has 166 valence electrons. The van der Waals surface area contributed by atoms with Gasteiger partial charge >= 0.3 is 6.61 Å². The van der Waals surface area contributed by atoms with Crippen LogP contribution in [0.2, 0.25) is 0 Å². The zero-order valence-corrected chi connectivity index (χ0v) is 18.5. The molecule has 0 fully saturated rings. The Morgan fingerprint density at radius 3 is 2.58 bits per heavy atom. The fraction of sp³-hybridized carbons (Fsp3) is 0.381. The Morgan fingerprint density at radius 1 is 1.23 bits per heavy atom. The number of nitrogens with zero attached hydrogens (tertiary/aromatic N) is 4. The van der Waals surface area contributed by atoms with Crippen molar-refractivity contribution in [3.63, 3.8) is 0 Å². The maximum Gasteiger partial charge on any atom is 0.387 e. The molecule has 0 aliphatic carbocycles. The van der Waals surface area contributed by atoms with Crippen LogP contribution in [0.1, 0.15) is 28.7 Å². The maximum atomic E-state index is 13.2. The molecular formula is C21H24F2N4O3S. The first-order chi connectivity index (χ1) is 14.8. The van der Waals surface area contributed by atoms with Crippen molar-refractivity contribution >= 4 is 17.5 Å². The summed E-state index contributed by atoms with van der Waals surface area (Å²) in [4.78, 5) is 13.2. The van der Waals surface area contributed by atoms with Crippen LogP contribution in [-0.4, -0.2) is 50.7 Å². The van der Waals surface area contributed by atoms with Gasteiger partial charge in [0.15, 0.2) is 10.9 Å². The Hall–Kier alpha value is -2.72. The summed E-state index contributed by atoms with van der Waals surface area (Å²) >= 11 is 1.34. The predicted octanol–water partition coefficient (Wildman–Crippen LogP) is 4.30. The molecule has 1 aromatic carbocycles. The Balaban J connectivity index is 1.79. The summed E-state index contributed by atoms with van der Waals surface area (Å²) in [5, 5.41) is 8.31. The number of carbonyl (C=O) groups excluding carboxylic acids is 1. The van der Waals surface area contributed by atoms with E-state index in [0.717, 1.165) is 17.1 Å². The van der Waals surface area contributed by atoms with Gasteiger partial charge in [0.2, 0.25) is 0 Å². The Morgan fingerprint density at radius 2 is 1.94 bits per heavy atom. The van der Waals surface area contributed by atoms with E-state index < -0.39 is 6.61 Å². The van der Waals surface area contributed by atoms with Crippen molar-refractivity contribution in [2.24, 2.45) is 0 Å². The van der Waals surface area contributed by atoms with Crippen LogP contribution in [0.3, 0.4) is 0 Å². The van der Waals surface area contributed by atoms with Crippen molar-refractivity contribution in [3.05, 3.63) is 53.6 Å². The van der Waals surface area contributed by atoms with Crippen molar-refractivity contribution in [2.75, 3.05) is 13.7 Å². The molecule has 0 radical (unpaired) electrons. The second-order valence-corrected chi connectivity index (χ2v) is 8.22. The third-order valence-corrected chi connectivity index (χ3v) is 5.88. The normalized spacial score (nSPS) is 12.4. The summed E-state index contributed by atoms with van der Waals surface area (Å²) in [7, 11) is 1.62. The van der Waals surface area contributed by atoms with Gasteiger partial charge in [-0.15, -0.1) is 10.2 Å². The first-order valence-corrected chi connectivity index (χ1v) is 10.5. The van der Waals surface area contributed by atoms with E-state index in [4.69, 9.17) is 4.74 Å². The van der Waals surface area contributed by atoms with Crippen LogP contribution >= 0.6 is 11.8 Å². The lowest BCUT2D eigenvalue weighted by Gasteiger charge is -2.13. The molecule has 0 bridgehead atoms. The van der Waals surface area contributed by atoms with Gasteiger partial charge in [-0.1, -0.05) is 11.8 Å². The van der Waals surface area contributed by atoms with Crippen molar-refractivity contribution in [3.8, 4) is 11.4 Å². The van der Waals surface area contributed by atoms with Gasteiger partial charge in [0, 0.05) is 36.3 Å². The zero-order chi connectivity index (χ0) is 22.5. The van der Waals surface area contributed by atoms with Gasteiger partial charge < -0.3 is 18.6 Å². The summed E-state index contributed by atoms with van der Waals surface area (Å²) < 4.78 is 38.0. The molecule has 1 unspecified atom stereocenters. The summed E-state index contributed by atoms with van der Waals surface area (Å²) in [6.07, 6.45) is 1.62. The molecule has 0 N–H and O–H groups in total. The van der Waals surface area contributed by atoms with Gasteiger partial charge in [-0.2, -0.15) is 8.78 Å². The number of carbonyl (C=O) groups is 1. The lowest BCUT2D eigenvalue weighted by molar-refractivity contribution is -0.0498. The second-order valence-electron chi connectivity index (χ2n) is 6.92. The number of thioether (sulfide) groups is 1. The van der Waals surface area contributed by atoms with Crippen molar-refractivity contribution < 1.29 is 23.0 Å². The second kappa shape index (κ2) is 10.1. The van der Waals surface area contributed by atoms with Crippen LogP contribution in [0.15, 0.2) is 41.8 Å². The lowest BCUT2D eigenvalue weighted by Crippen LogP contribution is -2.16. The number of rotatable bonds is 10. The van der Waals surface area contributed by atoms with Crippen LogP contribution in [0.4, 0.5) is 8.78 Å². The van der Waals surface area contributed by atoms with Crippen LogP contribution in [0.5, 0.6) is 5.75 Å². The standard InChI is InChI=1S/C21H24F2N4O3S/c1-13-11-18(14(2)27(13)16-5-7-17(8-6-16)30-20(22)23)19(28)15(3)31-21-25-24-12-26(21)9-10-29-4/h5-8,11-12,15,20H,9-10H2,1-4H3. The number of methoxy groups -OCH3 is 1. The minimum Gasteiger partial charge on any atom is -0.435 e. The van der Waals surface area contributed by atoms with E-state index >= 15 is 0 Å². The average Bonchev–Trinajstić information content (AvgIpc) is 3.29. The number of alkyl halides is 2. The molecule has 0 saturated carbocycles. The van der Waals surface area contributed by atoms with E-state index in [2.05, 4.69) is 14.9 Å². The first kappa shape index (κ1) is 23.0. The fourth-order valence-electron chi connectivity index (χ4n) is 3.30. The molecule has 3 rings (SSSR count). The molecule has 2 aromatic heterocycles. The number of halogens is 2. The molecule has 0 spiro atoms. The highest BCUT2D eigenvalue weighted by Crippen LogP contribution is 2.28. The summed E-state index contributed by atoms with van der Waals surface area (Å²) in [5.74, 6) is 0.0587. The topological polar surface area (TPSA) is 71.2 Å². The third-order valence-electron chi connectivity index (χ3n) is 4.78. The Labute approximate surface area is 183 Å². The van der Waals surface area contributed by atoms with Gasteiger partial charge in [0.1, 0.15) is 12.1 Å². The van der Waals surface area contributed by atoms with Gasteiger partial charge in [-0.3, -0.25) is 4.79 Å². The molecule has 0 saturated heterocycles. The molecule has 0 aliphatic heterocycles. The summed E-state index contributed by atoms with van der Waals surface area (Å²) in [6, 6.07) is 8.17. The molecule has 10 heteroatoms. The maximum absolute atomic E-state index is 13.2. The van der Waals surface area contributed by atoms with Crippen molar-refractivity contribution in [2.45, 2.75) is 44.3 Å². The zero-order valence-electron chi connectivity index (χ0n) is 17.7. The highest BCUT2D eigenvalue weighted by atomic mass is 32.2. The summed E-state index contributed by atoms with van der Waals surface area (Å²) in [6.45, 7) is 3.85. The number of ketones is 1. The SMILES string of the molecule is COCCn1cnnc1SC(C)C(=O)c1cc(C)n(-c2ccc(OC(F)F)cc2)c1C. The number of benzene rings is 1. The smallest absolute Gasteiger partial charge is 0.387 e. The minimum absolute atomic E-state index is 0.0247. The molecule has 7 nitrogen and oxygen atoms in total. The van der Waals surface area contributed by atoms with Crippen molar-refractivity contribution in [1.29, 1.82) is 0 Å². The van der Waals surface area contributed by atoms with E-state index in [1.54, 1.807) is 25.6 Å². The third kappa shape index (κ3) is 5.31. The number of aryl methyl sites for hydroxylation is 1. The Bertz CT molecular complexity index is 1030. The predicted molar refractivity (Wildman–Crippen MR) is 113 cm³/mol. The van der Waals surface area contributed by atoms with Crippen molar-refractivity contribution in [1.82, 2.24) is 19.3 Å². The van der Waals surface area contributed by atoms with E-state index in [1.807, 2.05) is 36.0 Å². The van der Waals surface area contributed by atoms with Gasteiger partial charge in [0.25, 0.3) is 0 Å². The molecule has 0 amide bonds. The lowest BCUT2D eigenvalue weighted by atomic mass is 10.1. The molecule has 0 aliphatic rings. The molecular weight excluding hydrogens is 426 g/mol. The fourth-order valence-corrected chi connectivity index (χ4v) is 4.21. The number of ether oxygens (including phenoxy) is 2. The van der Waals surface area contributed by atoms with Crippen LogP contribution in [0.25, 0.3) is 5.69 Å². The molecule has 2 heterocycles. The van der Waals surface area contributed by atoms with Gasteiger partial charge in [-0.05, 0) is 51.1 Å². The number of Topliss-reactive ketones (excluding diaryl/α,β-unsaturated/α-hetero) is 1. The summed E-state index contributed by atoms with van der Waals surface area (Å²) in [5.41, 5.74) is 3.01.